The maximum Gasteiger partial charge on any atom is 0.123 e. The number of halogens is 2. The summed E-state index contributed by atoms with van der Waals surface area (Å²) < 4.78 is 16.3. The van der Waals surface area contributed by atoms with Gasteiger partial charge in [0.25, 0.3) is 0 Å². The molecule has 0 fully saturated rings. The smallest absolute Gasteiger partial charge is 0.123 e. The van der Waals surface area contributed by atoms with E-state index >= 15 is 0 Å². The number of hydrogen-bond acceptors (Lipinski definition) is 2. The molecule has 0 aliphatic heterocycles. The molecule has 2 N–H and O–H groups in total. The monoisotopic (exact) mass is 339 g/mol. The average molecular weight is 340 g/mol. The van der Waals surface area contributed by atoms with Gasteiger partial charge in [-0.15, -0.1) is 0 Å². The van der Waals surface area contributed by atoms with E-state index in [9.17, 15) is 4.39 Å². The van der Waals surface area contributed by atoms with E-state index in [0.29, 0.717) is 6.54 Å². The zero-order chi connectivity index (χ0) is 14.7. The molecule has 3 nitrogen and oxygen atoms in total. The molecule has 0 aliphatic carbocycles. The summed E-state index contributed by atoms with van der Waals surface area (Å²) >= 11 is 3.61. The van der Waals surface area contributed by atoms with Gasteiger partial charge in [-0.25, -0.2) is 4.39 Å². The first-order chi connectivity index (χ1) is 9.56. The Kier molecular flexibility index (Phi) is 4.94. The standard InChI is InChI=1S/C15H19BrFN3/c1-3-13-15(16)14(20(2)19-13)8-11(9-18)10-5-4-6-12(17)7-10/h4-7,11H,3,8-9,18H2,1-2H3. The van der Waals surface area contributed by atoms with Crippen LogP contribution in [0.4, 0.5) is 4.39 Å². The first kappa shape index (κ1) is 15.2. The molecule has 108 valence electrons. The Morgan fingerprint density at radius 1 is 1.45 bits per heavy atom. The third kappa shape index (κ3) is 3.10. The second-order valence-electron chi connectivity index (χ2n) is 4.88. The summed E-state index contributed by atoms with van der Waals surface area (Å²) in [6, 6.07) is 6.66. The maximum atomic E-state index is 13.4. The summed E-state index contributed by atoms with van der Waals surface area (Å²) in [5, 5.41) is 4.48. The van der Waals surface area contributed by atoms with Crippen molar-refractivity contribution in [1.29, 1.82) is 0 Å². The predicted molar refractivity (Wildman–Crippen MR) is 82.2 cm³/mol. The van der Waals surface area contributed by atoms with Gasteiger partial charge in [0.05, 0.1) is 15.9 Å². The molecule has 2 aromatic rings. The molecule has 0 saturated heterocycles. The number of nitrogens with two attached hydrogens (primary N) is 1. The molecule has 5 heteroatoms. The molecule has 1 aromatic heterocycles. The molecule has 1 unspecified atom stereocenters. The third-order valence-corrected chi connectivity index (χ3v) is 4.46. The van der Waals surface area contributed by atoms with Crippen LogP contribution in [0.5, 0.6) is 0 Å². The van der Waals surface area contributed by atoms with Crippen LogP contribution in [0.3, 0.4) is 0 Å². The normalized spacial score (nSPS) is 12.7. The van der Waals surface area contributed by atoms with Crippen LogP contribution in [-0.4, -0.2) is 16.3 Å². The van der Waals surface area contributed by atoms with Gasteiger partial charge >= 0.3 is 0 Å². The van der Waals surface area contributed by atoms with Gasteiger partial charge in [0, 0.05) is 13.0 Å². The van der Waals surface area contributed by atoms with E-state index in [-0.39, 0.29) is 11.7 Å². The summed E-state index contributed by atoms with van der Waals surface area (Å²) in [7, 11) is 1.93. The fourth-order valence-electron chi connectivity index (χ4n) is 2.37. The van der Waals surface area contributed by atoms with Crippen molar-refractivity contribution in [3.63, 3.8) is 0 Å². The van der Waals surface area contributed by atoms with E-state index < -0.39 is 0 Å². The van der Waals surface area contributed by atoms with E-state index in [1.54, 1.807) is 12.1 Å². The van der Waals surface area contributed by atoms with Gasteiger partial charge in [-0.1, -0.05) is 19.1 Å². The fraction of sp³-hybridized carbons (Fsp3) is 0.400. The maximum absolute atomic E-state index is 13.4. The largest absolute Gasteiger partial charge is 0.330 e. The first-order valence-corrected chi connectivity index (χ1v) is 7.51. The summed E-state index contributed by atoms with van der Waals surface area (Å²) in [5.41, 5.74) is 8.94. The quantitative estimate of drug-likeness (QED) is 0.909. The van der Waals surface area contributed by atoms with Crippen LogP contribution < -0.4 is 5.73 Å². The van der Waals surface area contributed by atoms with Crippen LogP contribution in [0.15, 0.2) is 28.7 Å². The molecular weight excluding hydrogens is 321 g/mol. The highest BCUT2D eigenvalue weighted by atomic mass is 79.9. The topological polar surface area (TPSA) is 43.8 Å². The number of rotatable bonds is 5. The molecule has 0 aliphatic rings. The average Bonchev–Trinajstić information content (AvgIpc) is 2.71. The minimum atomic E-state index is -0.223. The molecule has 0 radical (unpaired) electrons. The number of aromatic nitrogens is 2. The number of hydrogen-bond donors (Lipinski definition) is 1. The van der Waals surface area contributed by atoms with Crippen molar-refractivity contribution < 1.29 is 4.39 Å². The van der Waals surface area contributed by atoms with Crippen molar-refractivity contribution in [2.24, 2.45) is 12.8 Å². The van der Waals surface area contributed by atoms with Crippen LogP contribution >= 0.6 is 15.9 Å². The predicted octanol–water partition coefficient (Wildman–Crippen LogP) is 3.17. The van der Waals surface area contributed by atoms with Crippen LogP contribution in [0.25, 0.3) is 0 Å². The molecule has 0 spiro atoms. The highest BCUT2D eigenvalue weighted by Gasteiger charge is 2.18. The SMILES string of the molecule is CCc1nn(C)c(CC(CN)c2cccc(F)c2)c1Br. The number of benzene rings is 1. The van der Waals surface area contributed by atoms with Crippen molar-refractivity contribution in [2.45, 2.75) is 25.7 Å². The molecular formula is C15H19BrFN3. The minimum absolute atomic E-state index is 0.0853. The zero-order valence-electron chi connectivity index (χ0n) is 11.7. The minimum Gasteiger partial charge on any atom is -0.330 e. The van der Waals surface area contributed by atoms with Gasteiger partial charge in [0.1, 0.15) is 5.82 Å². The molecule has 2 rings (SSSR count). The molecule has 1 heterocycles. The van der Waals surface area contributed by atoms with Crippen molar-refractivity contribution in [1.82, 2.24) is 9.78 Å². The molecule has 1 atom stereocenters. The van der Waals surface area contributed by atoms with Gasteiger partial charge < -0.3 is 5.73 Å². The lowest BCUT2D eigenvalue weighted by atomic mass is 9.94. The van der Waals surface area contributed by atoms with Crippen molar-refractivity contribution >= 4 is 15.9 Å². The Hall–Kier alpha value is -1.20. The molecule has 0 amide bonds. The number of nitrogens with zero attached hydrogens (tertiary/aromatic N) is 2. The second-order valence-corrected chi connectivity index (χ2v) is 5.67. The van der Waals surface area contributed by atoms with Crippen LogP contribution in [0, 0.1) is 5.82 Å². The molecule has 20 heavy (non-hydrogen) atoms. The van der Waals surface area contributed by atoms with Crippen LogP contribution in [-0.2, 0) is 19.9 Å². The molecule has 0 bridgehead atoms. The lowest BCUT2D eigenvalue weighted by Gasteiger charge is -2.16. The van der Waals surface area contributed by atoms with E-state index in [1.165, 1.54) is 6.07 Å². The summed E-state index contributed by atoms with van der Waals surface area (Å²) in [4.78, 5) is 0. The summed E-state index contributed by atoms with van der Waals surface area (Å²) in [5.74, 6) is -0.138. The second kappa shape index (κ2) is 6.50. The van der Waals surface area contributed by atoms with Gasteiger partial charge in [-0.05, 0) is 53.0 Å². The lowest BCUT2D eigenvalue weighted by Crippen LogP contribution is -2.17. The van der Waals surface area contributed by atoms with E-state index in [0.717, 1.165) is 34.3 Å². The third-order valence-electron chi connectivity index (χ3n) is 3.55. The van der Waals surface area contributed by atoms with Gasteiger partial charge in [0.2, 0.25) is 0 Å². The Morgan fingerprint density at radius 3 is 2.75 bits per heavy atom. The van der Waals surface area contributed by atoms with Gasteiger partial charge in [-0.3, -0.25) is 4.68 Å². The molecule has 0 saturated carbocycles. The van der Waals surface area contributed by atoms with Crippen molar-refractivity contribution in [3.8, 4) is 0 Å². The molecule has 1 aromatic carbocycles. The summed E-state index contributed by atoms with van der Waals surface area (Å²) in [6.45, 7) is 2.55. The van der Waals surface area contributed by atoms with E-state index in [4.69, 9.17) is 5.73 Å². The van der Waals surface area contributed by atoms with Crippen molar-refractivity contribution in [2.75, 3.05) is 6.54 Å². The Morgan fingerprint density at radius 2 is 2.20 bits per heavy atom. The Bertz CT molecular complexity index is 595. The van der Waals surface area contributed by atoms with Crippen LogP contribution in [0.2, 0.25) is 0 Å². The Labute approximate surface area is 127 Å². The van der Waals surface area contributed by atoms with Crippen LogP contribution in [0.1, 0.15) is 29.8 Å². The Balaban J connectivity index is 2.29. The fourth-order valence-corrected chi connectivity index (χ4v) is 3.15. The van der Waals surface area contributed by atoms with Gasteiger partial charge in [0.15, 0.2) is 0 Å². The zero-order valence-corrected chi connectivity index (χ0v) is 13.3. The number of aryl methyl sites for hydroxylation is 2. The lowest BCUT2D eigenvalue weighted by molar-refractivity contribution is 0.604. The summed E-state index contributed by atoms with van der Waals surface area (Å²) in [6.07, 6.45) is 1.62. The highest BCUT2D eigenvalue weighted by molar-refractivity contribution is 9.10. The van der Waals surface area contributed by atoms with Gasteiger partial charge in [-0.2, -0.15) is 5.10 Å². The first-order valence-electron chi connectivity index (χ1n) is 6.72. The van der Waals surface area contributed by atoms with Crippen molar-refractivity contribution in [3.05, 3.63) is 51.5 Å². The van der Waals surface area contributed by atoms with E-state index in [2.05, 4.69) is 28.0 Å². The highest BCUT2D eigenvalue weighted by Crippen LogP contribution is 2.27. The van der Waals surface area contributed by atoms with E-state index in [1.807, 2.05) is 17.8 Å².